The zero-order chi connectivity index (χ0) is 11.5. The molecule has 3 N–H and O–H groups in total. The molecule has 2 rings (SSSR count). The lowest BCUT2D eigenvalue weighted by molar-refractivity contribution is 0.0469. The van der Waals surface area contributed by atoms with Gasteiger partial charge in [-0.3, -0.25) is 4.79 Å². The first-order valence-electron chi connectivity index (χ1n) is 5.35. The summed E-state index contributed by atoms with van der Waals surface area (Å²) in [6.45, 7) is 1.08. The second-order valence-electron chi connectivity index (χ2n) is 4.02. The first kappa shape index (κ1) is 10.9. The number of aromatic nitrogens is 1. The van der Waals surface area contributed by atoms with Gasteiger partial charge in [0.05, 0.1) is 18.0 Å². The lowest BCUT2D eigenvalue weighted by atomic mass is 10.1. The van der Waals surface area contributed by atoms with E-state index >= 15 is 0 Å². The van der Waals surface area contributed by atoms with Gasteiger partial charge in [-0.15, -0.1) is 0 Å². The van der Waals surface area contributed by atoms with Crippen molar-refractivity contribution in [1.82, 2.24) is 9.88 Å². The predicted molar refractivity (Wildman–Crippen MR) is 59.8 cm³/mol. The maximum Gasteiger partial charge on any atom is 0.272 e. The van der Waals surface area contributed by atoms with E-state index in [9.17, 15) is 9.90 Å². The average molecular weight is 221 g/mol. The summed E-state index contributed by atoms with van der Waals surface area (Å²) in [5, 5.41) is 9.49. The molecule has 1 aromatic rings. The summed E-state index contributed by atoms with van der Waals surface area (Å²) >= 11 is 0. The van der Waals surface area contributed by atoms with Crippen molar-refractivity contribution in [3.63, 3.8) is 0 Å². The molecule has 0 saturated carbocycles. The standard InChI is InChI=1S/C11H15N3O2/c12-8-3-4-10(13-6-8)11(16)14-5-1-2-9(15)7-14/h3-4,6,9,15H,1-2,5,7,12H2/t9-/m0/s1. The SMILES string of the molecule is Nc1ccc(C(=O)N2CCC[C@H](O)C2)nc1. The Morgan fingerprint density at radius 3 is 3.00 bits per heavy atom. The lowest BCUT2D eigenvalue weighted by Crippen LogP contribution is -2.42. The van der Waals surface area contributed by atoms with E-state index in [1.807, 2.05) is 0 Å². The fraction of sp³-hybridized carbons (Fsp3) is 0.455. The van der Waals surface area contributed by atoms with Gasteiger partial charge in [0, 0.05) is 13.1 Å². The average Bonchev–Trinajstić information content (AvgIpc) is 2.29. The molecule has 0 aromatic carbocycles. The number of hydrogen-bond acceptors (Lipinski definition) is 4. The highest BCUT2D eigenvalue weighted by Crippen LogP contribution is 2.13. The molecule has 1 aromatic heterocycles. The Bertz CT molecular complexity index is 377. The quantitative estimate of drug-likeness (QED) is 0.713. The number of rotatable bonds is 1. The minimum Gasteiger partial charge on any atom is -0.397 e. The predicted octanol–water partition coefficient (Wildman–Crippen LogP) is 0.261. The smallest absolute Gasteiger partial charge is 0.272 e. The molecule has 0 unspecified atom stereocenters. The van der Waals surface area contributed by atoms with Crippen molar-refractivity contribution in [2.24, 2.45) is 0 Å². The van der Waals surface area contributed by atoms with E-state index in [-0.39, 0.29) is 5.91 Å². The van der Waals surface area contributed by atoms with E-state index in [1.54, 1.807) is 17.0 Å². The van der Waals surface area contributed by atoms with Gasteiger partial charge in [-0.05, 0) is 25.0 Å². The van der Waals surface area contributed by atoms with Crippen molar-refractivity contribution in [3.8, 4) is 0 Å². The molecule has 1 fully saturated rings. The number of nitrogens with two attached hydrogens (primary N) is 1. The van der Waals surface area contributed by atoms with Crippen LogP contribution >= 0.6 is 0 Å². The minimum atomic E-state index is -0.411. The Morgan fingerprint density at radius 1 is 1.56 bits per heavy atom. The fourth-order valence-electron chi connectivity index (χ4n) is 1.83. The molecule has 2 heterocycles. The summed E-state index contributed by atoms with van der Waals surface area (Å²) in [7, 11) is 0. The minimum absolute atomic E-state index is 0.140. The third-order valence-corrected chi connectivity index (χ3v) is 2.69. The normalized spacial score (nSPS) is 20.8. The Balaban J connectivity index is 2.09. The first-order chi connectivity index (χ1) is 7.66. The number of hydrogen-bond donors (Lipinski definition) is 2. The number of likely N-dealkylation sites (tertiary alicyclic amines) is 1. The Morgan fingerprint density at radius 2 is 2.38 bits per heavy atom. The molecule has 0 bridgehead atoms. The van der Waals surface area contributed by atoms with Crippen LogP contribution in [0.25, 0.3) is 0 Å². The summed E-state index contributed by atoms with van der Waals surface area (Å²) in [5.74, 6) is -0.140. The summed E-state index contributed by atoms with van der Waals surface area (Å²) < 4.78 is 0. The third kappa shape index (κ3) is 2.30. The zero-order valence-corrected chi connectivity index (χ0v) is 8.97. The van der Waals surface area contributed by atoms with Crippen molar-refractivity contribution in [2.45, 2.75) is 18.9 Å². The summed E-state index contributed by atoms with van der Waals surface area (Å²) in [5.41, 5.74) is 6.42. The molecular formula is C11H15N3O2. The van der Waals surface area contributed by atoms with Crippen LogP contribution < -0.4 is 5.73 Å². The van der Waals surface area contributed by atoms with Crippen LogP contribution in [-0.2, 0) is 0 Å². The number of carbonyl (C=O) groups is 1. The lowest BCUT2D eigenvalue weighted by Gasteiger charge is -2.29. The second-order valence-corrected chi connectivity index (χ2v) is 4.02. The Kier molecular flexibility index (Phi) is 3.05. The molecule has 16 heavy (non-hydrogen) atoms. The van der Waals surface area contributed by atoms with Crippen molar-refractivity contribution in [1.29, 1.82) is 0 Å². The molecule has 5 heteroatoms. The van der Waals surface area contributed by atoms with E-state index in [0.29, 0.717) is 24.5 Å². The van der Waals surface area contributed by atoms with E-state index < -0.39 is 6.10 Å². The van der Waals surface area contributed by atoms with Crippen molar-refractivity contribution in [3.05, 3.63) is 24.0 Å². The highest BCUT2D eigenvalue weighted by Gasteiger charge is 2.23. The van der Waals surface area contributed by atoms with E-state index in [2.05, 4.69) is 4.98 Å². The summed E-state index contributed by atoms with van der Waals surface area (Å²) in [4.78, 5) is 17.6. The van der Waals surface area contributed by atoms with Gasteiger partial charge in [0.25, 0.3) is 5.91 Å². The maximum atomic E-state index is 12.0. The van der Waals surface area contributed by atoms with Gasteiger partial charge in [0.1, 0.15) is 5.69 Å². The van der Waals surface area contributed by atoms with Gasteiger partial charge >= 0.3 is 0 Å². The molecule has 1 amide bonds. The number of β-amino-alcohol motifs (C(OH)–C–C–N with tert-alkyl or cyclic N) is 1. The van der Waals surface area contributed by atoms with Crippen LogP contribution in [0, 0.1) is 0 Å². The number of carbonyl (C=O) groups excluding carboxylic acids is 1. The van der Waals surface area contributed by atoms with Crippen LogP contribution in [0.1, 0.15) is 23.3 Å². The van der Waals surface area contributed by atoms with E-state index in [1.165, 1.54) is 6.20 Å². The first-order valence-corrected chi connectivity index (χ1v) is 5.35. The molecule has 0 aliphatic carbocycles. The van der Waals surface area contributed by atoms with E-state index in [4.69, 9.17) is 5.73 Å². The third-order valence-electron chi connectivity index (χ3n) is 2.69. The fourth-order valence-corrected chi connectivity index (χ4v) is 1.83. The van der Waals surface area contributed by atoms with Gasteiger partial charge < -0.3 is 15.7 Å². The number of piperidine rings is 1. The van der Waals surface area contributed by atoms with Gasteiger partial charge in [0.2, 0.25) is 0 Å². The molecule has 1 atom stereocenters. The topological polar surface area (TPSA) is 79.5 Å². The van der Waals surface area contributed by atoms with Crippen LogP contribution in [0.4, 0.5) is 5.69 Å². The molecule has 5 nitrogen and oxygen atoms in total. The highest BCUT2D eigenvalue weighted by atomic mass is 16.3. The van der Waals surface area contributed by atoms with Crippen LogP contribution in [0.2, 0.25) is 0 Å². The van der Waals surface area contributed by atoms with Crippen molar-refractivity contribution >= 4 is 11.6 Å². The molecule has 0 radical (unpaired) electrons. The molecule has 86 valence electrons. The molecule has 1 saturated heterocycles. The Hall–Kier alpha value is -1.62. The van der Waals surface area contributed by atoms with Crippen molar-refractivity contribution < 1.29 is 9.90 Å². The number of nitrogen functional groups attached to an aromatic ring is 1. The number of nitrogens with zero attached hydrogens (tertiary/aromatic N) is 2. The number of pyridine rings is 1. The second kappa shape index (κ2) is 4.49. The number of anilines is 1. The molecule has 0 spiro atoms. The molecular weight excluding hydrogens is 206 g/mol. The van der Waals surface area contributed by atoms with Crippen LogP contribution in [0.3, 0.4) is 0 Å². The number of aliphatic hydroxyl groups excluding tert-OH is 1. The van der Waals surface area contributed by atoms with Gasteiger partial charge in [0.15, 0.2) is 0 Å². The Labute approximate surface area is 93.9 Å². The van der Waals surface area contributed by atoms with E-state index in [0.717, 1.165) is 12.8 Å². The molecule has 1 aliphatic rings. The summed E-state index contributed by atoms with van der Waals surface area (Å²) in [6.07, 6.45) is 2.65. The number of amides is 1. The van der Waals surface area contributed by atoms with Gasteiger partial charge in [-0.2, -0.15) is 0 Å². The molecule has 1 aliphatic heterocycles. The van der Waals surface area contributed by atoms with Crippen LogP contribution in [-0.4, -0.2) is 40.1 Å². The largest absolute Gasteiger partial charge is 0.397 e. The zero-order valence-electron chi connectivity index (χ0n) is 8.97. The van der Waals surface area contributed by atoms with Gasteiger partial charge in [-0.25, -0.2) is 4.98 Å². The number of aliphatic hydroxyl groups is 1. The monoisotopic (exact) mass is 221 g/mol. The maximum absolute atomic E-state index is 12.0. The van der Waals surface area contributed by atoms with Gasteiger partial charge in [-0.1, -0.05) is 0 Å². The highest BCUT2D eigenvalue weighted by molar-refractivity contribution is 5.92. The van der Waals surface area contributed by atoms with Crippen LogP contribution in [0.15, 0.2) is 18.3 Å². The summed E-state index contributed by atoms with van der Waals surface area (Å²) in [6, 6.07) is 3.26. The van der Waals surface area contributed by atoms with Crippen molar-refractivity contribution in [2.75, 3.05) is 18.8 Å². The van der Waals surface area contributed by atoms with Crippen LogP contribution in [0.5, 0.6) is 0 Å².